The molecule has 0 N–H and O–H groups in total. The first-order chi connectivity index (χ1) is 1.91. The van der Waals surface area contributed by atoms with Gasteiger partial charge in [0.15, 0.2) is 0 Å². The molecule has 0 aliphatic rings. The maximum absolute atomic E-state index is 3.49. The molecule has 0 aromatic carbocycles. The molecular weight excluding hydrogens is 193 g/mol. The Bertz CT molecular complexity index is 21.5. The Labute approximate surface area is 62.5 Å². The van der Waals surface area contributed by atoms with Crippen LogP contribution in [0, 0.1) is 6.92 Å². The topological polar surface area (TPSA) is 0 Å². The second kappa shape index (κ2) is 17.0. The van der Waals surface area contributed by atoms with Crippen molar-refractivity contribution in [3.8, 4) is 0 Å². The standard InChI is InChI=1S/C4H7.BrH.Zn/c1-3-4-2;;/h3H,1-2,4H2;1H;/p-1. The number of rotatable bonds is 1. The van der Waals surface area contributed by atoms with Crippen LogP contribution >= 0.6 is 0 Å². The molecule has 0 bridgehead atoms. The smallest absolute Gasteiger partial charge is 0 e. The van der Waals surface area contributed by atoms with Crippen molar-refractivity contribution in [3.63, 3.8) is 0 Å². The van der Waals surface area contributed by atoms with Crippen molar-refractivity contribution in [2.45, 2.75) is 6.42 Å². The van der Waals surface area contributed by atoms with Crippen LogP contribution in [0.5, 0.6) is 0 Å². The van der Waals surface area contributed by atoms with E-state index in [-0.39, 0.29) is 36.5 Å². The molecule has 0 fully saturated rings. The predicted octanol–water partition coefficient (Wildman–Crippen LogP) is -1.60. The summed E-state index contributed by atoms with van der Waals surface area (Å²) in [7, 11) is 0. The maximum Gasteiger partial charge on any atom is 0 e. The van der Waals surface area contributed by atoms with E-state index in [0.717, 1.165) is 6.42 Å². The van der Waals surface area contributed by atoms with Gasteiger partial charge in [0, 0.05) is 19.5 Å². The number of allylic oxidation sites excluding steroid dienone is 1. The van der Waals surface area contributed by atoms with E-state index in [4.69, 9.17) is 0 Å². The first-order valence-corrected chi connectivity index (χ1v) is 1.32. The molecule has 0 spiro atoms. The summed E-state index contributed by atoms with van der Waals surface area (Å²) < 4.78 is 0. The summed E-state index contributed by atoms with van der Waals surface area (Å²) in [6.07, 6.45) is 2.60. The Hall–Kier alpha value is 0.843. The van der Waals surface area contributed by atoms with Crippen LogP contribution in [0.25, 0.3) is 0 Å². The van der Waals surface area contributed by atoms with Gasteiger partial charge in [0.1, 0.15) is 0 Å². The van der Waals surface area contributed by atoms with Crippen LogP contribution in [0.2, 0.25) is 0 Å². The first kappa shape index (κ1) is 15.8. The summed E-state index contributed by atoms with van der Waals surface area (Å²) >= 11 is 0. The minimum atomic E-state index is 0. The van der Waals surface area contributed by atoms with Gasteiger partial charge in [0.25, 0.3) is 0 Å². The molecule has 0 nitrogen and oxygen atoms in total. The van der Waals surface area contributed by atoms with Crippen LogP contribution in [0.3, 0.4) is 0 Å². The van der Waals surface area contributed by atoms with Gasteiger partial charge in [-0.25, -0.2) is 0 Å². The van der Waals surface area contributed by atoms with Crippen LogP contribution in [0.4, 0.5) is 0 Å². The largest absolute Gasteiger partial charge is 1.00 e. The van der Waals surface area contributed by atoms with E-state index >= 15 is 0 Å². The zero-order valence-corrected chi connectivity index (χ0v) is 8.34. The fraction of sp³-hybridized carbons (Fsp3) is 0.250. The normalized spacial score (nSPS) is 4.17. The average molecular weight is 200 g/mol. The van der Waals surface area contributed by atoms with Crippen molar-refractivity contribution in [3.05, 3.63) is 19.6 Å². The zero-order valence-electron chi connectivity index (χ0n) is 3.78. The molecule has 0 rings (SSSR count). The summed E-state index contributed by atoms with van der Waals surface area (Å²) in [6.45, 7) is 6.90. The Morgan fingerprint density at radius 1 is 1.50 bits per heavy atom. The molecule has 0 aromatic rings. The Balaban J connectivity index is -0.0000000450. The fourth-order valence-electron chi connectivity index (χ4n) is 0. The third-order valence-electron chi connectivity index (χ3n) is 0.204. The Morgan fingerprint density at radius 2 is 1.67 bits per heavy atom. The van der Waals surface area contributed by atoms with Crippen LogP contribution in [0.15, 0.2) is 12.7 Å². The van der Waals surface area contributed by atoms with E-state index in [1.54, 1.807) is 6.08 Å². The van der Waals surface area contributed by atoms with Gasteiger partial charge in [-0.3, -0.25) is 0 Å². The molecule has 0 saturated carbocycles. The van der Waals surface area contributed by atoms with Crippen molar-refractivity contribution in [2.24, 2.45) is 0 Å². The molecule has 0 heterocycles. The zero-order chi connectivity index (χ0) is 3.41. The molecule has 2 heteroatoms. The molecule has 6 heavy (non-hydrogen) atoms. The molecule has 1 radical (unpaired) electrons. The van der Waals surface area contributed by atoms with Crippen molar-refractivity contribution in [2.75, 3.05) is 0 Å². The van der Waals surface area contributed by atoms with E-state index in [1.807, 2.05) is 0 Å². The third-order valence-corrected chi connectivity index (χ3v) is 0.204. The van der Waals surface area contributed by atoms with Gasteiger partial charge in [0.2, 0.25) is 0 Å². The van der Waals surface area contributed by atoms with Crippen molar-refractivity contribution < 1.29 is 36.5 Å². The van der Waals surface area contributed by atoms with Crippen LogP contribution in [-0.4, -0.2) is 0 Å². The molecule has 0 aromatic heterocycles. The molecule has 33 valence electrons. The molecular formula is C4H7BrZn-. The summed E-state index contributed by atoms with van der Waals surface area (Å²) in [5.41, 5.74) is 0. The molecule has 0 amide bonds. The van der Waals surface area contributed by atoms with E-state index in [0.29, 0.717) is 0 Å². The summed E-state index contributed by atoms with van der Waals surface area (Å²) in [4.78, 5) is 0. The van der Waals surface area contributed by atoms with Crippen molar-refractivity contribution >= 4 is 0 Å². The predicted molar refractivity (Wildman–Crippen MR) is 20.2 cm³/mol. The third kappa shape index (κ3) is 21.1. The summed E-state index contributed by atoms with van der Waals surface area (Å²) in [5.74, 6) is 0. The number of hydrogen-bond acceptors (Lipinski definition) is 0. The van der Waals surface area contributed by atoms with E-state index in [1.165, 1.54) is 0 Å². The van der Waals surface area contributed by atoms with Gasteiger partial charge in [-0.15, -0.1) is 6.58 Å². The van der Waals surface area contributed by atoms with E-state index in [2.05, 4.69) is 13.5 Å². The van der Waals surface area contributed by atoms with Crippen molar-refractivity contribution in [1.82, 2.24) is 0 Å². The second-order valence-corrected chi connectivity index (χ2v) is 0.577. The van der Waals surface area contributed by atoms with E-state index < -0.39 is 0 Å². The molecule has 0 atom stereocenters. The molecule has 0 aliphatic carbocycles. The SMILES string of the molecule is [Br-].[CH2]CC=C.[Zn]. The average Bonchev–Trinajstić information content (AvgIpc) is 1.37. The summed E-state index contributed by atoms with van der Waals surface area (Å²) in [5, 5.41) is 0. The minimum absolute atomic E-state index is 0. The van der Waals surface area contributed by atoms with Crippen LogP contribution in [-0.2, 0) is 19.5 Å². The number of hydrogen-bond donors (Lipinski definition) is 0. The van der Waals surface area contributed by atoms with Gasteiger partial charge in [-0.1, -0.05) is 6.08 Å². The fourth-order valence-corrected chi connectivity index (χ4v) is 0. The Morgan fingerprint density at radius 3 is 1.67 bits per heavy atom. The monoisotopic (exact) mass is 198 g/mol. The van der Waals surface area contributed by atoms with Gasteiger partial charge in [0.05, 0.1) is 0 Å². The number of halogens is 1. The summed E-state index contributed by atoms with van der Waals surface area (Å²) in [6, 6.07) is 0. The molecule has 0 saturated heterocycles. The molecule has 0 unspecified atom stereocenters. The van der Waals surface area contributed by atoms with Gasteiger partial charge >= 0.3 is 0 Å². The maximum atomic E-state index is 3.49. The van der Waals surface area contributed by atoms with Crippen LogP contribution in [0.1, 0.15) is 6.42 Å². The van der Waals surface area contributed by atoms with E-state index in [9.17, 15) is 0 Å². The van der Waals surface area contributed by atoms with Crippen molar-refractivity contribution in [1.29, 1.82) is 0 Å². The quantitative estimate of drug-likeness (QED) is 0.353. The van der Waals surface area contributed by atoms with Gasteiger partial charge in [-0.2, -0.15) is 0 Å². The Kier molecular flexibility index (Phi) is 44.7. The minimum Gasteiger partial charge on any atom is -1.00 e. The van der Waals surface area contributed by atoms with Gasteiger partial charge in [-0.05, 0) is 13.3 Å². The van der Waals surface area contributed by atoms with Crippen LogP contribution < -0.4 is 17.0 Å². The second-order valence-electron chi connectivity index (χ2n) is 0.577. The first-order valence-electron chi connectivity index (χ1n) is 1.32. The molecule has 0 aliphatic heterocycles. The van der Waals surface area contributed by atoms with Gasteiger partial charge < -0.3 is 17.0 Å².